The van der Waals surface area contributed by atoms with Crippen molar-refractivity contribution in [2.24, 2.45) is 11.1 Å². The molecule has 1 saturated carbocycles. The van der Waals surface area contributed by atoms with E-state index in [2.05, 4.69) is 0 Å². The molecule has 0 unspecified atom stereocenters. The van der Waals surface area contributed by atoms with E-state index in [0.717, 1.165) is 0 Å². The summed E-state index contributed by atoms with van der Waals surface area (Å²) in [6.45, 7) is 1.49. The number of esters is 1. The van der Waals surface area contributed by atoms with Crippen molar-refractivity contribution in [1.82, 2.24) is 0 Å². The second-order valence-electron chi connectivity index (χ2n) is 6.42. The van der Waals surface area contributed by atoms with Gasteiger partial charge in [-0.1, -0.05) is 23.7 Å². The summed E-state index contributed by atoms with van der Waals surface area (Å²) < 4.78 is 45.4. The molecule has 0 amide bonds. The number of hydrogen-bond acceptors (Lipinski definition) is 5. The van der Waals surface area contributed by atoms with Crippen LogP contribution in [0.15, 0.2) is 53.4 Å². The molecule has 1 aliphatic rings. The zero-order valence-corrected chi connectivity index (χ0v) is 16.1. The molecule has 0 spiro atoms. The lowest BCUT2D eigenvalue weighted by Gasteiger charge is -2.14. The van der Waals surface area contributed by atoms with Gasteiger partial charge in [-0.3, -0.25) is 4.79 Å². The molecule has 2 N–H and O–H groups in total. The average molecular weight is 412 g/mol. The molecule has 27 heavy (non-hydrogen) atoms. The number of hydrogen-bond donors (Lipinski definition) is 1. The number of nitrogens with two attached hydrogens (primary N) is 1. The highest BCUT2D eigenvalue weighted by molar-refractivity contribution is 7.92. The maximum atomic E-state index is 13.7. The third kappa shape index (κ3) is 3.24. The Kier molecular flexibility index (Phi) is 5.29. The molecule has 0 aromatic heterocycles. The molecule has 0 saturated heterocycles. The second kappa shape index (κ2) is 7.22. The summed E-state index contributed by atoms with van der Waals surface area (Å²) >= 11 is 5.84. The highest BCUT2D eigenvalue weighted by Crippen LogP contribution is 2.64. The van der Waals surface area contributed by atoms with E-state index in [4.69, 9.17) is 22.1 Å². The fourth-order valence-electron chi connectivity index (χ4n) is 3.64. The van der Waals surface area contributed by atoms with Gasteiger partial charge < -0.3 is 10.5 Å². The van der Waals surface area contributed by atoms with Crippen LogP contribution in [0.25, 0.3) is 0 Å². The van der Waals surface area contributed by atoms with Crippen molar-refractivity contribution in [3.63, 3.8) is 0 Å². The smallest absolute Gasteiger partial charge is 0.315 e. The van der Waals surface area contributed by atoms with Gasteiger partial charge in [0, 0.05) is 17.5 Å². The van der Waals surface area contributed by atoms with Crippen LogP contribution in [0.3, 0.4) is 0 Å². The molecule has 3 atom stereocenters. The first-order valence-corrected chi connectivity index (χ1v) is 10.3. The maximum Gasteiger partial charge on any atom is 0.315 e. The number of carbonyl (C=O) groups excluding carboxylic acids is 1. The summed E-state index contributed by atoms with van der Waals surface area (Å²) in [5.41, 5.74) is 4.82. The molecule has 0 aliphatic heterocycles. The van der Waals surface area contributed by atoms with Gasteiger partial charge in [-0.05, 0) is 48.9 Å². The topological polar surface area (TPSA) is 86.5 Å². The van der Waals surface area contributed by atoms with E-state index in [1.54, 1.807) is 13.0 Å². The van der Waals surface area contributed by atoms with Crippen LogP contribution < -0.4 is 5.73 Å². The monoisotopic (exact) mass is 411 g/mol. The van der Waals surface area contributed by atoms with Crippen molar-refractivity contribution in [3.05, 3.63) is 64.9 Å². The van der Waals surface area contributed by atoms with Gasteiger partial charge in [0.1, 0.15) is 11.2 Å². The van der Waals surface area contributed by atoms with Crippen molar-refractivity contribution in [3.8, 4) is 0 Å². The van der Waals surface area contributed by atoms with E-state index >= 15 is 0 Å². The minimum atomic E-state index is -3.94. The molecule has 1 aliphatic carbocycles. The third-order valence-electron chi connectivity index (χ3n) is 4.93. The molecular weight excluding hydrogens is 393 g/mol. The van der Waals surface area contributed by atoms with Gasteiger partial charge in [-0.25, -0.2) is 12.8 Å². The number of ether oxygens (including phenoxy) is 1. The molecule has 1 fully saturated rings. The predicted octanol–water partition coefficient (Wildman–Crippen LogP) is 2.93. The standard InChI is InChI=1S/C19H19ClFNO4S/c1-2-26-18(23)19(11-22)16(12-4-3-5-14(21)10-12)17(19)27(24,25)15-8-6-13(20)7-9-15/h3-10,16-17H,2,11,22H2,1H3/t16-,17+,19+/m1/s1. The Morgan fingerprint density at radius 3 is 2.48 bits per heavy atom. The zero-order valence-electron chi connectivity index (χ0n) is 14.6. The molecule has 5 nitrogen and oxygen atoms in total. The van der Waals surface area contributed by atoms with E-state index in [1.165, 1.54) is 42.5 Å². The molecule has 2 aromatic rings. The van der Waals surface area contributed by atoms with Gasteiger partial charge in [0.05, 0.1) is 16.8 Å². The van der Waals surface area contributed by atoms with Crippen molar-refractivity contribution in [2.75, 3.05) is 13.2 Å². The van der Waals surface area contributed by atoms with Crippen molar-refractivity contribution < 1.29 is 22.3 Å². The second-order valence-corrected chi connectivity index (χ2v) is 8.92. The number of rotatable bonds is 6. The first-order chi connectivity index (χ1) is 12.8. The fraction of sp³-hybridized carbons (Fsp3) is 0.316. The Morgan fingerprint density at radius 2 is 1.93 bits per heavy atom. The Bertz CT molecular complexity index is 964. The number of sulfone groups is 1. The molecule has 0 radical (unpaired) electrons. The lowest BCUT2D eigenvalue weighted by molar-refractivity contribution is -0.149. The van der Waals surface area contributed by atoms with Gasteiger partial charge in [0.2, 0.25) is 0 Å². The van der Waals surface area contributed by atoms with E-state index in [-0.39, 0.29) is 18.0 Å². The van der Waals surface area contributed by atoms with Crippen LogP contribution in [0.5, 0.6) is 0 Å². The van der Waals surface area contributed by atoms with Gasteiger partial charge in [-0.15, -0.1) is 0 Å². The highest BCUT2D eigenvalue weighted by atomic mass is 35.5. The first kappa shape index (κ1) is 19.8. The fourth-order valence-corrected chi connectivity index (χ4v) is 6.15. The van der Waals surface area contributed by atoms with Gasteiger partial charge in [0.15, 0.2) is 9.84 Å². The SMILES string of the molecule is CCOC(=O)[C@@]1(CN)[C@H](c2cccc(F)c2)[C@@H]1S(=O)(=O)c1ccc(Cl)cc1. The summed E-state index contributed by atoms with van der Waals surface area (Å²) in [6, 6.07) is 11.2. The van der Waals surface area contributed by atoms with Crippen molar-refractivity contribution in [2.45, 2.75) is 23.0 Å². The van der Waals surface area contributed by atoms with Crippen molar-refractivity contribution in [1.29, 1.82) is 0 Å². The predicted molar refractivity (Wildman–Crippen MR) is 99.7 cm³/mol. The first-order valence-electron chi connectivity index (χ1n) is 8.41. The van der Waals surface area contributed by atoms with Crippen LogP contribution in [0.4, 0.5) is 4.39 Å². The Hall–Kier alpha value is -1.96. The lowest BCUT2D eigenvalue weighted by atomic mass is 9.99. The zero-order chi connectivity index (χ0) is 19.8. The van der Waals surface area contributed by atoms with Gasteiger partial charge in [0.25, 0.3) is 0 Å². The molecule has 0 heterocycles. The molecule has 2 aromatic carbocycles. The minimum absolute atomic E-state index is 0.0259. The lowest BCUT2D eigenvalue weighted by Crippen LogP contribution is -2.33. The van der Waals surface area contributed by atoms with Crippen molar-refractivity contribution >= 4 is 27.4 Å². The summed E-state index contributed by atoms with van der Waals surface area (Å²) in [4.78, 5) is 12.7. The minimum Gasteiger partial charge on any atom is -0.465 e. The van der Waals surface area contributed by atoms with Crippen LogP contribution >= 0.6 is 11.6 Å². The third-order valence-corrected chi connectivity index (χ3v) is 7.48. The van der Waals surface area contributed by atoms with Crippen LogP contribution in [0.1, 0.15) is 18.4 Å². The van der Waals surface area contributed by atoms with Crippen LogP contribution in [-0.2, 0) is 19.4 Å². The van der Waals surface area contributed by atoms with Crippen LogP contribution in [0, 0.1) is 11.2 Å². The summed E-state index contributed by atoms with van der Waals surface area (Å²) in [6.07, 6.45) is 0. The maximum absolute atomic E-state index is 13.7. The molecule has 3 rings (SSSR count). The average Bonchev–Trinajstić information content (AvgIpc) is 3.34. The molecular formula is C19H19ClFNO4S. The Morgan fingerprint density at radius 1 is 1.26 bits per heavy atom. The van der Waals surface area contributed by atoms with E-state index in [0.29, 0.717) is 10.6 Å². The Labute approximate surface area is 162 Å². The van der Waals surface area contributed by atoms with E-state index in [1.807, 2.05) is 0 Å². The number of carbonyl (C=O) groups is 1. The highest BCUT2D eigenvalue weighted by Gasteiger charge is 2.75. The number of halogens is 2. The summed E-state index contributed by atoms with van der Waals surface area (Å²) in [5.74, 6) is -2.00. The number of benzene rings is 2. The van der Waals surface area contributed by atoms with E-state index < -0.39 is 38.2 Å². The largest absolute Gasteiger partial charge is 0.465 e. The van der Waals surface area contributed by atoms with Crippen LogP contribution in [-0.4, -0.2) is 32.8 Å². The molecule has 0 bridgehead atoms. The van der Waals surface area contributed by atoms with Gasteiger partial charge in [-0.2, -0.15) is 0 Å². The normalized spacial score (nSPS) is 24.4. The molecule has 144 valence electrons. The van der Waals surface area contributed by atoms with Crippen LogP contribution in [0.2, 0.25) is 5.02 Å². The van der Waals surface area contributed by atoms with E-state index in [9.17, 15) is 17.6 Å². The Balaban J connectivity index is 2.12. The summed E-state index contributed by atoms with van der Waals surface area (Å²) in [5, 5.41) is -0.751. The quantitative estimate of drug-likeness (QED) is 0.738. The van der Waals surface area contributed by atoms with Gasteiger partial charge >= 0.3 is 5.97 Å². The molecule has 8 heteroatoms. The summed E-state index contributed by atoms with van der Waals surface area (Å²) in [7, 11) is -3.94.